The lowest BCUT2D eigenvalue weighted by Gasteiger charge is -2.34. The van der Waals surface area contributed by atoms with E-state index in [0.717, 1.165) is 6.42 Å². The van der Waals surface area contributed by atoms with Crippen LogP contribution in [0.5, 0.6) is 0 Å². The summed E-state index contributed by atoms with van der Waals surface area (Å²) >= 11 is 0. The fourth-order valence-corrected chi connectivity index (χ4v) is 4.96. The maximum absolute atomic E-state index is 13.0. The SMILES string of the molecule is CC(C)CC(CN)NC(=O)c1cccc(S(=O)(=O)N2CC(C)OC(C)C2)c1.Cl. The van der Waals surface area contributed by atoms with Gasteiger partial charge in [0, 0.05) is 31.2 Å². The van der Waals surface area contributed by atoms with Crippen molar-refractivity contribution in [2.24, 2.45) is 11.7 Å². The summed E-state index contributed by atoms with van der Waals surface area (Å²) in [6.45, 7) is 8.76. The minimum atomic E-state index is -3.69. The van der Waals surface area contributed by atoms with Crippen molar-refractivity contribution in [2.45, 2.75) is 57.3 Å². The summed E-state index contributed by atoms with van der Waals surface area (Å²) in [6, 6.07) is 6.01. The first kappa shape index (κ1) is 24.8. The Morgan fingerprint density at radius 1 is 1.29 bits per heavy atom. The molecular formula is C19H32ClN3O4S. The molecule has 0 bridgehead atoms. The molecule has 2 rings (SSSR count). The van der Waals surface area contributed by atoms with E-state index in [1.807, 2.05) is 13.8 Å². The van der Waals surface area contributed by atoms with Gasteiger partial charge in [0.15, 0.2) is 0 Å². The number of benzene rings is 1. The van der Waals surface area contributed by atoms with Crippen LogP contribution in [-0.4, -0.2) is 56.5 Å². The lowest BCUT2D eigenvalue weighted by atomic mass is 10.0. The van der Waals surface area contributed by atoms with Crippen molar-refractivity contribution < 1.29 is 17.9 Å². The van der Waals surface area contributed by atoms with E-state index in [4.69, 9.17) is 10.5 Å². The molecule has 1 saturated heterocycles. The van der Waals surface area contributed by atoms with Gasteiger partial charge in [0.05, 0.1) is 17.1 Å². The van der Waals surface area contributed by atoms with E-state index in [0.29, 0.717) is 31.1 Å². The summed E-state index contributed by atoms with van der Waals surface area (Å²) in [5.74, 6) is 0.0859. The predicted molar refractivity (Wildman–Crippen MR) is 112 cm³/mol. The number of sulfonamides is 1. The summed E-state index contributed by atoms with van der Waals surface area (Å²) in [6.07, 6.45) is 0.428. The van der Waals surface area contributed by atoms with E-state index in [-0.39, 0.29) is 41.5 Å². The molecule has 0 aliphatic carbocycles. The summed E-state index contributed by atoms with van der Waals surface area (Å²) in [7, 11) is -3.69. The van der Waals surface area contributed by atoms with Crippen LogP contribution in [0.1, 0.15) is 44.5 Å². The molecular weight excluding hydrogens is 402 g/mol. The molecule has 1 aromatic carbocycles. The van der Waals surface area contributed by atoms with Crippen LogP contribution < -0.4 is 11.1 Å². The van der Waals surface area contributed by atoms with Crippen LogP contribution in [0.25, 0.3) is 0 Å². The molecule has 0 saturated carbocycles. The zero-order valence-corrected chi connectivity index (χ0v) is 18.6. The number of halogens is 1. The highest BCUT2D eigenvalue weighted by Crippen LogP contribution is 2.22. The van der Waals surface area contributed by atoms with Crippen LogP contribution >= 0.6 is 12.4 Å². The van der Waals surface area contributed by atoms with E-state index in [2.05, 4.69) is 19.2 Å². The zero-order chi connectivity index (χ0) is 20.2. The van der Waals surface area contributed by atoms with Crippen LogP contribution in [0.3, 0.4) is 0 Å². The Morgan fingerprint density at radius 3 is 2.43 bits per heavy atom. The smallest absolute Gasteiger partial charge is 0.251 e. The maximum atomic E-state index is 13.0. The second-order valence-electron chi connectivity index (χ2n) is 7.64. The van der Waals surface area contributed by atoms with Gasteiger partial charge < -0.3 is 15.8 Å². The second-order valence-corrected chi connectivity index (χ2v) is 9.58. The molecule has 0 spiro atoms. The Hall–Kier alpha value is -1.19. The number of nitrogens with two attached hydrogens (primary N) is 1. The number of rotatable bonds is 7. The zero-order valence-electron chi connectivity index (χ0n) is 16.9. The first-order valence-corrected chi connectivity index (χ1v) is 10.8. The number of nitrogens with one attached hydrogen (secondary N) is 1. The molecule has 9 heteroatoms. The van der Waals surface area contributed by atoms with Gasteiger partial charge in [0.25, 0.3) is 5.91 Å². The summed E-state index contributed by atoms with van der Waals surface area (Å²) in [4.78, 5) is 12.7. The predicted octanol–water partition coefficient (Wildman–Crippen LogP) is 2.01. The highest BCUT2D eigenvalue weighted by atomic mass is 35.5. The topological polar surface area (TPSA) is 102 Å². The highest BCUT2D eigenvalue weighted by molar-refractivity contribution is 7.89. The van der Waals surface area contributed by atoms with E-state index >= 15 is 0 Å². The average Bonchev–Trinajstić information content (AvgIpc) is 2.60. The largest absolute Gasteiger partial charge is 0.373 e. The number of morpholine rings is 1. The van der Waals surface area contributed by atoms with Gasteiger partial charge in [-0.2, -0.15) is 4.31 Å². The van der Waals surface area contributed by atoms with Crippen LogP contribution in [0.4, 0.5) is 0 Å². The van der Waals surface area contributed by atoms with Crippen molar-refractivity contribution in [3.05, 3.63) is 29.8 Å². The first-order chi connectivity index (χ1) is 12.6. The number of nitrogens with zero attached hydrogens (tertiary/aromatic N) is 1. The van der Waals surface area contributed by atoms with Gasteiger partial charge in [-0.15, -0.1) is 12.4 Å². The lowest BCUT2D eigenvalue weighted by molar-refractivity contribution is -0.0440. The average molecular weight is 434 g/mol. The van der Waals surface area contributed by atoms with Crippen molar-refractivity contribution in [1.82, 2.24) is 9.62 Å². The number of carbonyl (C=O) groups excluding carboxylic acids is 1. The second kappa shape index (κ2) is 10.5. The van der Waals surface area contributed by atoms with Gasteiger partial charge >= 0.3 is 0 Å². The monoisotopic (exact) mass is 433 g/mol. The molecule has 1 aliphatic rings. The van der Waals surface area contributed by atoms with Crippen molar-refractivity contribution >= 4 is 28.3 Å². The van der Waals surface area contributed by atoms with Crippen LogP contribution in [0.2, 0.25) is 0 Å². The molecule has 160 valence electrons. The Kier molecular flexibility index (Phi) is 9.36. The molecule has 1 heterocycles. The summed E-state index contributed by atoms with van der Waals surface area (Å²) < 4.78 is 33.0. The van der Waals surface area contributed by atoms with Crippen LogP contribution in [0.15, 0.2) is 29.2 Å². The molecule has 3 unspecified atom stereocenters. The third-order valence-corrected chi connectivity index (χ3v) is 6.32. The fourth-order valence-electron chi connectivity index (χ4n) is 3.33. The van der Waals surface area contributed by atoms with E-state index in [9.17, 15) is 13.2 Å². The number of ether oxygens (including phenoxy) is 1. The minimum Gasteiger partial charge on any atom is -0.373 e. The molecule has 3 N–H and O–H groups in total. The Bertz CT molecular complexity index is 747. The Labute approximate surface area is 174 Å². The number of hydrogen-bond acceptors (Lipinski definition) is 5. The summed E-state index contributed by atoms with van der Waals surface area (Å²) in [5.41, 5.74) is 6.05. The van der Waals surface area contributed by atoms with Crippen molar-refractivity contribution in [1.29, 1.82) is 0 Å². The quantitative estimate of drug-likeness (QED) is 0.684. The molecule has 1 amide bonds. The maximum Gasteiger partial charge on any atom is 0.251 e. The fraction of sp³-hybridized carbons (Fsp3) is 0.632. The number of carbonyl (C=O) groups is 1. The third kappa shape index (κ3) is 6.42. The molecule has 1 fully saturated rings. The van der Waals surface area contributed by atoms with Crippen LogP contribution in [-0.2, 0) is 14.8 Å². The molecule has 1 aliphatic heterocycles. The number of hydrogen-bond donors (Lipinski definition) is 2. The van der Waals surface area contributed by atoms with Gasteiger partial charge in [0.2, 0.25) is 10.0 Å². The number of amides is 1. The van der Waals surface area contributed by atoms with E-state index in [1.54, 1.807) is 12.1 Å². The summed E-state index contributed by atoms with van der Waals surface area (Å²) in [5, 5.41) is 2.89. The molecule has 7 nitrogen and oxygen atoms in total. The van der Waals surface area contributed by atoms with Gasteiger partial charge in [0.1, 0.15) is 0 Å². The van der Waals surface area contributed by atoms with E-state index < -0.39 is 10.0 Å². The molecule has 1 aromatic rings. The van der Waals surface area contributed by atoms with Crippen molar-refractivity contribution in [3.8, 4) is 0 Å². The Balaban J connectivity index is 0.00000392. The van der Waals surface area contributed by atoms with Gasteiger partial charge in [-0.05, 0) is 44.4 Å². The molecule has 0 radical (unpaired) electrons. The van der Waals surface area contributed by atoms with Crippen molar-refractivity contribution in [3.63, 3.8) is 0 Å². The van der Waals surface area contributed by atoms with Crippen molar-refractivity contribution in [2.75, 3.05) is 19.6 Å². The molecule has 28 heavy (non-hydrogen) atoms. The van der Waals surface area contributed by atoms with Gasteiger partial charge in [-0.3, -0.25) is 4.79 Å². The van der Waals surface area contributed by atoms with Gasteiger partial charge in [-0.1, -0.05) is 19.9 Å². The lowest BCUT2D eigenvalue weighted by Crippen LogP contribution is -2.48. The van der Waals surface area contributed by atoms with Gasteiger partial charge in [-0.25, -0.2) is 8.42 Å². The minimum absolute atomic E-state index is 0. The first-order valence-electron chi connectivity index (χ1n) is 9.40. The van der Waals surface area contributed by atoms with Crippen LogP contribution in [0, 0.1) is 5.92 Å². The standard InChI is InChI=1S/C19H31N3O4S.ClH/c1-13(2)8-17(10-20)21-19(23)16-6-5-7-18(9-16)27(24,25)22-11-14(3)26-15(4)12-22;/h5-7,9,13-15,17H,8,10-12,20H2,1-4H3,(H,21,23);1H. The normalized spacial score (nSPS) is 21.8. The Morgan fingerprint density at radius 2 is 1.89 bits per heavy atom. The molecule has 0 aromatic heterocycles. The highest BCUT2D eigenvalue weighted by Gasteiger charge is 2.32. The third-order valence-electron chi connectivity index (χ3n) is 4.50. The molecule has 3 atom stereocenters. The van der Waals surface area contributed by atoms with E-state index in [1.165, 1.54) is 16.4 Å².